The summed E-state index contributed by atoms with van der Waals surface area (Å²) < 4.78 is 7.07. The molecular formula is C52H30N4S. The highest BCUT2D eigenvalue weighted by atomic mass is 32.1. The van der Waals surface area contributed by atoms with Crippen LogP contribution in [-0.2, 0) is 0 Å². The standard InChI is InChI=1S/C52H30N4S/c1-2-14-32-27-34(26-25-31(32)13-1)49-51-50(40-21-9-12-24-48(40)57-51)54-52(53-49)56-44-23-11-8-20-39(44)42-29-46-41(30-47(42)56)38-19-7-10-22-43(38)55(46)45-28-33-15-3-4-16-35(33)36-17-5-6-18-37(36)45/h1-30H. The molecule has 13 aromatic rings. The van der Waals surface area contributed by atoms with Gasteiger partial charge in [-0.3, -0.25) is 4.57 Å². The van der Waals surface area contributed by atoms with Gasteiger partial charge in [0.15, 0.2) is 0 Å². The molecule has 264 valence electrons. The number of benzene rings is 9. The molecule has 0 aliphatic carbocycles. The number of para-hydroxylation sites is 2. The first-order valence-electron chi connectivity index (χ1n) is 19.3. The van der Waals surface area contributed by atoms with Crippen molar-refractivity contribution in [2.45, 2.75) is 0 Å². The highest BCUT2D eigenvalue weighted by Crippen LogP contribution is 2.43. The summed E-state index contributed by atoms with van der Waals surface area (Å²) in [5, 5.41) is 13.3. The predicted molar refractivity (Wildman–Crippen MR) is 242 cm³/mol. The van der Waals surface area contributed by atoms with Crippen molar-refractivity contribution in [1.29, 1.82) is 0 Å². The summed E-state index contributed by atoms with van der Waals surface area (Å²) in [7, 11) is 0. The van der Waals surface area contributed by atoms with Crippen molar-refractivity contribution >= 4 is 108 Å². The normalized spacial score (nSPS) is 12.2. The zero-order valence-corrected chi connectivity index (χ0v) is 31.3. The molecule has 0 amide bonds. The lowest BCUT2D eigenvalue weighted by atomic mass is 10.00. The van der Waals surface area contributed by atoms with Crippen LogP contribution in [0.4, 0.5) is 0 Å². The van der Waals surface area contributed by atoms with Crippen molar-refractivity contribution in [1.82, 2.24) is 19.1 Å². The van der Waals surface area contributed by atoms with Crippen LogP contribution in [-0.4, -0.2) is 19.1 Å². The summed E-state index contributed by atoms with van der Waals surface area (Å²) >= 11 is 1.77. The molecule has 0 spiro atoms. The molecule has 5 heteroatoms. The number of rotatable bonds is 3. The number of nitrogens with zero attached hydrogens (tertiary/aromatic N) is 4. The van der Waals surface area contributed by atoms with Crippen molar-refractivity contribution < 1.29 is 0 Å². The smallest absolute Gasteiger partial charge is 0.235 e. The van der Waals surface area contributed by atoms with E-state index in [1.54, 1.807) is 11.3 Å². The highest BCUT2D eigenvalue weighted by molar-refractivity contribution is 7.26. The third-order valence-corrected chi connectivity index (χ3v) is 13.1. The first-order valence-corrected chi connectivity index (χ1v) is 20.1. The molecule has 0 bridgehead atoms. The summed E-state index contributed by atoms with van der Waals surface area (Å²) in [5.41, 5.74) is 8.71. The van der Waals surface area contributed by atoms with Crippen molar-refractivity contribution in [3.05, 3.63) is 182 Å². The first-order chi connectivity index (χ1) is 28.3. The van der Waals surface area contributed by atoms with Gasteiger partial charge in [0.05, 0.1) is 43.7 Å². The zero-order valence-electron chi connectivity index (χ0n) is 30.5. The Balaban J connectivity index is 1.15. The Morgan fingerprint density at radius 3 is 1.72 bits per heavy atom. The molecule has 0 N–H and O–H groups in total. The van der Waals surface area contributed by atoms with E-state index in [0.717, 1.165) is 37.9 Å². The summed E-state index contributed by atoms with van der Waals surface area (Å²) in [5.74, 6) is 0.670. The average molecular weight is 743 g/mol. The van der Waals surface area contributed by atoms with Crippen molar-refractivity contribution in [3.63, 3.8) is 0 Å². The fourth-order valence-electron chi connectivity index (χ4n) is 9.34. The van der Waals surface area contributed by atoms with Crippen molar-refractivity contribution in [3.8, 4) is 22.9 Å². The quantitative estimate of drug-likeness (QED) is 0.169. The minimum absolute atomic E-state index is 0.670. The van der Waals surface area contributed by atoms with Crippen molar-refractivity contribution in [2.75, 3.05) is 0 Å². The largest absolute Gasteiger partial charge is 0.309 e. The maximum Gasteiger partial charge on any atom is 0.235 e. The maximum absolute atomic E-state index is 5.53. The topological polar surface area (TPSA) is 35.6 Å². The number of hydrogen-bond donors (Lipinski definition) is 0. The molecule has 4 nitrogen and oxygen atoms in total. The summed E-state index contributed by atoms with van der Waals surface area (Å²) in [6, 6.07) is 66.0. The molecule has 0 unspecified atom stereocenters. The van der Waals surface area contributed by atoms with E-state index in [2.05, 4.69) is 191 Å². The van der Waals surface area contributed by atoms with Gasteiger partial charge < -0.3 is 4.57 Å². The Bertz CT molecular complexity index is 3830. The van der Waals surface area contributed by atoms with Gasteiger partial charge in [0, 0.05) is 42.6 Å². The van der Waals surface area contributed by atoms with Gasteiger partial charge in [-0.1, -0.05) is 140 Å². The van der Waals surface area contributed by atoms with E-state index in [9.17, 15) is 0 Å². The van der Waals surface area contributed by atoms with Gasteiger partial charge in [0.1, 0.15) is 0 Å². The molecule has 9 aromatic carbocycles. The molecule has 0 aliphatic rings. The van der Waals surface area contributed by atoms with Crippen LogP contribution in [0.5, 0.6) is 0 Å². The van der Waals surface area contributed by atoms with Gasteiger partial charge in [0.25, 0.3) is 0 Å². The zero-order chi connectivity index (χ0) is 37.2. The van der Waals surface area contributed by atoms with Gasteiger partial charge >= 0.3 is 0 Å². The maximum atomic E-state index is 5.53. The third-order valence-electron chi connectivity index (χ3n) is 11.9. The summed E-state index contributed by atoms with van der Waals surface area (Å²) in [4.78, 5) is 11.0. The van der Waals surface area contributed by atoms with Gasteiger partial charge in [-0.15, -0.1) is 11.3 Å². The second kappa shape index (κ2) is 11.6. The number of hydrogen-bond acceptors (Lipinski definition) is 3. The average Bonchev–Trinajstić information content (AvgIpc) is 3.92. The molecule has 0 radical (unpaired) electrons. The minimum Gasteiger partial charge on any atom is -0.309 e. The Hall–Kier alpha value is -7.34. The minimum atomic E-state index is 0.670. The molecule has 0 fully saturated rings. The fourth-order valence-corrected chi connectivity index (χ4v) is 10.5. The number of thiophene rings is 1. The van der Waals surface area contributed by atoms with Gasteiger partial charge in [-0.25, -0.2) is 9.97 Å². The van der Waals surface area contributed by atoms with Crippen LogP contribution in [0.25, 0.3) is 119 Å². The van der Waals surface area contributed by atoms with Crippen LogP contribution in [0.2, 0.25) is 0 Å². The van der Waals surface area contributed by atoms with E-state index in [-0.39, 0.29) is 0 Å². The SMILES string of the molecule is c1ccc2cc(-c3nc(-n4c5ccccc5c5cc6c(cc54)c4ccccc4n6-c4cc5ccccc5c5ccccc45)nc4c3sc3ccccc34)ccc2c1. The molecule has 13 rings (SSSR count). The highest BCUT2D eigenvalue weighted by Gasteiger charge is 2.23. The Kier molecular flexibility index (Phi) is 6.29. The van der Waals surface area contributed by atoms with Crippen LogP contribution < -0.4 is 0 Å². The van der Waals surface area contributed by atoms with Gasteiger partial charge in [-0.05, 0) is 69.4 Å². The van der Waals surface area contributed by atoms with E-state index < -0.39 is 0 Å². The molecular weight excluding hydrogens is 713 g/mol. The lowest BCUT2D eigenvalue weighted by Crippen LogP contribution is -2.02. The first kappa shape index (κ1) is 30.9. The van der Waals surface area contributed by atoms with Gasteiger partial charge in [-0.2, -0.15) is 0 Å². The van der Waals surface area contributed by atoms with Crippen LogP contribution in [0.3, 0.4) is 0 Å². The predicted octanol–water partition coefficient (Wildman–Crippen LogP) is 14.2. The van der Waals surface area contributed by atoms with Crippen LogP contribution >= 0.6 is 11.3 Å². The van der Waals surface area contributed by atoms with Crippen molar-refractivity contribution in [2.24, 2.45) is 0 Å². The monoisotopic (exact) mass is 742 g/mol. The lowest BCUT2D eigenvalue weighted by Gasteiger charge is -2.14. The Labute approximate surface area is 330 Å². The number of fused-ring (bicyclic) bond motifs is 13. The molecule has 57 heavy (non-hydrogen) atoms. The molecule has 0 atom stereocenters. The van der Waals surface area contributed by atoms with Crippen LogP contribution in [0, 0.1) is 0 Å². The van der Waals surface area contributed by atoms with Gasteiger partial charge in [0.2, 0.25) is 5.95 Å². The van der Waals surface area contributed by atoms with E-state index >= 15 is 0 Å². The van der Waals surface area contributed by atoms with E-state index in [0.29, 0.717) is 5.95 Å². The van der Waals surface area contributed by atoms with Crippen LogP contribution in [0.1, 0.15) is 0 Å². The molecule has 0 saturated carbocycles. The summed E-state index contributed by atoms with van der Waals surface area (Å²) in [6.07, 6.45) is 0. The molecule has 4 aromatic heterocycles. The third kappa shape index (κ3) is 4.37. The number of aromatic nitrogens is 4. The molecule has 0 aliphatic heterocycles. The van der Waals surface area contributed by atoms with E-state index in [4.69, 9.17) is 9.97 Å². The van der Waals surface area contributed by atoms with E-state index in [1.807, 2.05) is 0 Å². The van der Waals surface area contributed by atoms with E-state index in [1.165, 1.54) is 75.3 Å². The second-order valence-electron chi connectivity index (χ2n) is 15.0. The molecule has 4 heterocycles. The molecule has 0 saturated heterocycles. The lowest BCUT2D eigenvalue weighted by molar-refractivity contribution is 1.02. The fraction of sp³-hybridized carbons (Fsp3) is 0. The summed E-state index contributed by atoms with van der Waals surface area (Å²) in [6.45, 7) is 0. The second-order valence-corrected chi connectivity index (χ2v) is 16.0. The van der Waals surface area contributed by atoms with Crippen LogP contribution in [0.15, 0.2) is 182 Å². The Morgan fingerprint density at radius 2 is 0.947 bits per heavy atom. The Morgan fingerprint density at radius 1 is 0.368 bits per heavy atom.